The second kappa shape index (κ2) is 7.12. The fraction of sp³-hybridized carbons (Fsp3) is 0.286. The van der Waals surface area contributed by atoms with Crippen molar-refractivity contribution in [3.63, 3.8) is 0 Å². The number of carbonyl (C=O) groups excluding carboxylic acids is 2. The summed E-state index contributed by atoms with van der Waals surface area (Å²) in [7, 11) is 1.80. The Hall–Kier alpha value is -2.73. The van der Waals surface area contributed by atoms with Crippen LogP contribution in [0.5, 0.6) is 0 Å². The molecule has 2 aromatic carbocycles. The van der Waals surface area contributed by atoms with E-state index >= 15 is 0 Å². The summed E-state index contributed by atoms with van der Waals surface area (Å²) >= 11 is 1.61. The molecule has 1 aliphatic rings. The number of carbonyl (C=O) groups is 2. The molecule has 6 heteroatoms. The van der Waals surface area contributed by atoms with Crippen LogP contribution < -0.4 is 4.90 Å². The monoisotopic (exact) mass is 379 g/mol. The van der Waals surface area contributed by atoms with Gasteiger partial charge in [0.2, 0.25) is 11.8 Å². The van der Waals surface area contributed by atoms with Gasteiger partial charge in [0.25, 0.3) is 0 Å². The fourth-order valence-corrected chi connectivity index (χ4v) is 4.51. The molecule has 1 aromatic heterocycles. The van der Waals surface area contributed by atoms with E-state index in [-0.39, 0.29) is 30.2 Å². The van der Waals surface area contributed by atoms with Gasteiger partial charge in [0.1, 0.15) is 5.01 Å². The molecule has 0 saturated carbocycles. The van der Waals surface area contributed by atoms with Crippen LogP contribution in [0.4, 0.5) is 5.69 Å². The van der Waals surface area contributed by atoms with E-state index in [1.165, 1.54) is 0 Å². The van der Waals surface area contributed by atoms with Gasteiger partial charge in [-0.15, -0.1) is 11.3 Å². The molecule has 2 amide bonds. The maximum absolute atomic E-state index is 13.0. The molecule has 0 unspecified atom stereocenters. The Morgan fingerprint density at radius 3 is 2.63 bits per heavy atom. The van der Waals surface area contributed by atoms with Crippen LogP contribution in [0, 0.1) is 5.92 Å². The van der Waals surface area contributed by atoms with Gasteiger partial charge in [0.05, 0.1) is 22.2 Å². The lowest BCUT2D eigenvalue weighted by Gasteiger charge is -2.26. The van der Waals surface area contributed by atoms with Crippen LogP contribution in [0.15, 0.2) is 54.6 Å². The number of para-hydroxylation sites is 2. The van der Waals surface area contributed by atoms with Crippen LogP contribution in [-0.4, -0.2) is 35.3 Å². The van der Waals surface area contributed by atoms with Crippen LogP contribution in [-0.2, 0) is 9.59 Å². The highest BCUT2D eigenvalue weighted by Gasteiger charge is 2.37. The first-order valence-electron chi connectivity index (χ1n) is 9.02. The van der Waals surface area contributed by atoms with Gasteiger partial charge >= 0.3 is 0 Å². The molecule has 1 saturated heterocycles. The third-order valence-electron chi connectivity index (χ3n) is 5.14. The van der Waals surface area contributed by atoms with Crippen molar-refractivity contribution in [3.05, 3.63) is 59.6 Å². The van der Waals surface area contributed by atoms with E-state index in [0.29, 0.717) is 6.54 Å². The molecule has 5 nitrogen and oxygen atoms in total. The van der Waals surface area contributed by atoms with Crippen molar-refractivity contribution in [1.29, 1.82) is 0 Å². The minimum Gasteiger partial charge on any atom is -0.336 e. The zero-order valence-electron chi connectivity index (χ0n) is 15.3. The lowest BCUT2D eigenvalue weighted by atomic mass is 10.1. The summed E-state index contributed by atoms with van der Waals surface area (Å²) in [6.45, 7) is 2.42. The molecule has 1 aliphatic heterocycles. The molecular formula is C21H21N3O2S. The normalized spacial score (nSPS) is 18.1. The standard InChI is InChI=1S/C21H21N3O2S/c1-14(20-22-17-10-6-7-11-18(17)27-20)23(2)21(26)15-12-19(25)24(13-15)16-8-4-3-5-9-16/h3-11,14-15H,12-13H2,1-2H3/t14-,15+/m1/s1. The Labute approximate surface area is 162 Å². The highest BCUT2D eigenvalue weighted by Crippen LogP contribution is 2.31. The van der Waals surface area contributed by atoms with E-state index in [9.17, 15) is 9.59 Å². The maximum Gasteiger partial charge on any atom is 0.228 e. The third-order valence-corrected chi connectivity index (χ3v) is 6.35. The van der Waals surface area contributed by atoms with Crippen molar-refractivity contribution in [2.75, 3.05) is 18.5 Å². The largest absolute Gasteiger partial charge is 0.336 e. The summed E-state index contributed by atoms with van der Waals surface area (Å²) < 4.78 is 1.12. The number of thiazole rings is 1. The summed E-state index contributed by atoms with van der Waals surface area (Å²) in [5.41, 5.74) is 1.80. The van der Waals surface area contributed by atoms with E-state index in [2.05, 4.69) is 4.98 Å². The van der Waals surface area contributed by atoms with Gasteiger partial charge in [-0.3, -0.25) is 9.59 Å². The van der Waals surface area contributed by atoms with Gasteiger partial charge in [0, 0.05) is 25.7 Å². The molecule has 0 radical (unpaired) electrons. The van der Waals surface area contributed by atoms with E-state index in [1.807, 2.05) is 61.5 Å². The SMILES string of the molecule is C[C@H](c1nc2ccccc2s1)N(C)C(=O)[C@H]1CC(=O)N(c2ccccc2)C1. The molecule has 0 bridgehead atoms. The number of anilines is 1. The molecule has 138 valence electrons. The number of hydrogen-bond donors (Lipinski definition) is 0. The maximum atomic E-state index is 13.0. The van der Waals surface area contributed by atoms with Crippen molar-refractivity contribution in [3.8, 4) is 0 Å². The molecule has 1 fully saturated rings. The third kappa shape index (κ3) is 3.32. The smallest absolute Gasteiger partial charge is 0.228 e. The van der Waals surface area contributed by atoms with Gasteiger partial charge in [-0.2, -0.15) is 0 Å². The van der Waals surface area contributed by atoms with Gasteiger partial charge in [-0.25, -0.2) is 4.98 Å². The molecule has 2 atom stereocenters. The van der Waals surface area contributed by atoms with Crippen LogP contribution in [0.25, 0.3) is 10.2 Å². The van der Waals surface area contributed by atoms with E-state index in [4.69, 9.17) is 0 Å². The summed E-state index contributed by atoms with van der Waals surface area (Å²) in [5.74, 6) is -0.325. The average molecular weight is 379 g/mol. The number of nitrogens with zero attached hydrogens (tertiary/aromatic N) is 3. The lowest BCUT2D eigenvalue weighted by Crippen LogP contribution is -2.36. The second-order valence-corrected chi connectivity index (χ2v) is 7.95. The van der Waals surface area contributed by atoms with Crippen LogP contribution in [0.3, 0.4) is 0 Å². The summed E-state index contributed by atoms with van der Waals surface area (Å²) in [4.78, 5) is 33.5. The average Bonchev–Trinajstić information content (AvgIpc) is 3.30. The number of hydrogen-bond acceptors (Lipinski definition) is 4. The first-order chi connectivity index (χ1) is 13.0. The first kappa shape index (κ1) is 17.7. The van der Waals surface area contributed by atoms with Gasteiger partial charge in [0.15, 0.2) is 0 Å². The number of rotatable bonds is 4. The Morgan fingerprint density at radius 1 is 1.19 bits per heavy atom. The van der Waals surface area contributed by atoms with Crippen LogP contribution in [0.2, 0.25) is 0 Å². The summed E-state index contributed by atoms with van der Waals surface area (Å²) in [5, 5.41) is 0.913. The minimum atomic E-state index is -0.320. The first-order valence-corrected chi connectivity index (χ1v) is 9.84. The zero-order valence-corrected chi connectivity index (χ0v) is 16.1. The number of amides is 2. The Balaban J connectivity index is 1.49. The Bertz CT molecular complexity index is 952. The lowest BCUT2D eigenvalue weighted by molar-refractivity contribution is -0.136. The zero-order chi connectivity index (χ0) is 19.0. The van der Waals surface area contributed by atoms with Crippen molar-refractivity contribution < 1.29 is 9.59 Å². The number of fused-ring (bicyclic) bond motifs is 1. The van der Waals surface area contributed by atoms with Crippen LogP contribution in [0.1, 0.15) is 24.4 Å². The topological polar surface area (TPSA) is 53.5 Å². The predicted molar refractivity (Wildman–Crippen MR) is 108 cm³/mol. The highest BCUT2D eigenvalue weighted by molar-refractivity contribution is 7.18. The Morgan fingerprint density at radius 2 is 1.89 bits per heavy atom. The molecular weight excluding hydrogens is 358 g/mol. The molecule has 4 rings (SSSR count). The van der Waals surface area contributed by atoms with Crippen LogP contribution >= 0.6 is 11.3 Å². The molecule has 0 spiro atoms. The van der Waals surface area contributed by atoms with E-state index in [1.54, 1.807) is 28.2 Å². The van der Waals surface area contributed by atoms with E-state index < -0.39 is 0 Å². The minimum absolute atomic E-state index is 0.000546. The van der Waals surface area contributed by atoms with Crippen molar-refractivity contribution in [2.45, 2.75) is 19.4 Å². The fourth-order valence-electron chi connectivity index (χ4n) is 3.44. The molecule has 0 aliphatic carbocycles. The van der Waals surface area contributed by atoms with Crippen molar-refractivity contribution in [2.24, 2.45) is 5.92 Å². The van der Waals surface area contributed by atoms with Crippen molar-refractivity contribution >= 4 is 39.1 Å². The quantitative estimate of drug-likeness (QED) is 0.691. The molecule has 0 N–H and O–H groups in total. The second-order valence-electron chi connectivity index (χ2n) is 6.89. The predicted octanol–water partition coefficient (Wildman–Crippen LogP) is 3.87. The Kier molecular flexibility index (Phi) is 4.66. The van der Waals surface area contributed by atoms with E-state index in [0.717, 1.165) is 20.9 Å². The summed E-state index contributed by atoms with van der Waals surface area (Å²) in [6, 6.07) is 17.4. The van der Waals surface area contributed by atoms with Gasteiger partial charge in [-0.1, -0.05) is 30.3 Å². The number of aromatic nitrogens is 1. The highest BCUT2D eigenvalue weighted by atomic mass is 32.1. The van der Waals surface area contributed by atoms with Gasteiger partial charge < -0.3 is 9.80 Å². The summed E-state index contributed by atoms with van der Waals surface area (Å²) in [6.07, 6.45) is 0.255. The molecule has 2 heterocycles. The van der Waals surface area contributed by atoms with Gasteiger partial charge in [-0.05, 0) is 31.2 Å². The molecule has 27 heavy (non-hydrogen) atoms. The van der Waals surface area contributed by atoms with Crippen molar-refractivity contribution in [1.82, 2.24) is 9.88 Å². The molecule has 3 aromatic rings. The number of benzene rings is 2.